The third-order valence-corrected chi connectivity index (χ3v) is 6.04. The van der Waals surface area contributed by atoms with Crippen LogP contribution >= 0.6 is 11.3 Å². The van der Waals surface area contributed by atoms with Crippen LogP contribution < -0.4 is 4.90 Å². The highest BCUT2D eigenvalue weighted by atomic mass is 32.1. The number of fused-ring (bicyclic) bond motifs is 3. The molecule has 1 N–H and O–H groups in total. The summed E-state index contributed by atoms with van der Waals surface area (Å²) in [6, 6.07) is 0.429. The summed E-state index contributed by atoms with van der Waals surface area (Å²) in [5, 5.41) is 10.7. The molecule has 2 aliphatic rings. The number of anilines is 1. The molecule has 0 amide bonds. The summed E-state index contributed by atoms with van der Waals surface area (Å²) in [6.45, 7) is 1.32. The van der Waals surface area contributed by atoms with E-state index in [0.717, 1.165) is 23.6 Å². The molecule has 0 bridgehead atoms. The van der Waals surface area contributed by atoms with Crippen LogP contribution in [0.5, 0.6) is 0 Å². The van der Waals surface area contributed by atoms with Crippen molar-refractivity contribution in [2.24, 2.45) is 0 Å². The Morgan fingerprint density at radius 2 is 2.19 bits per heavy atom. The van der Waals surface area contributed by atoms with Crippen LogP contribution in [0.4, 0.5) is 5.82 Å². The molecule has 2 aromatic rings. The van der Waals surface area contributed by atoms with E-state index in [0.29, 0.717) is 6.04 Å². The normalized spacial score (nSPS) is 22.0. The number of hydrogen-bond donors (Lipinski definition) is 1. The van der Waals surface area contributed by atoms with Gasteiger partial charge in [0.1, 0.15) is 17.0 Å². The van der Waals surface area contributed by atoms with Crippen LogP contribution in [0.25, 0.3) is 10.2 Å². The van der Waals surface area contributed by atoms with Crippen molar-refractivity contribution in [2.75, 3.05) is 18.1 Å². The fourth-order valence-electron chi connectivity index (χ4n) is 3.86. The van der Waals surface area contributed by atoms with Crippen LogP contribution in [0.2, 0.25) is 0 Å². The van der Waals surface area contributed by atoms with Crippen molar-refractivity contribution in [3.05, 3.63) is 16.8 Å². The molecule has 0 saturated carbocycles. The first kappa shape index (κ1) is 13.5. The molecular weight excluding hydrogens is 282 g/mol. The average molecular weight is 303 g/mol. The lowest BCUT2D eigenvalue weighted by atomic mass is 9.99. The quantitative estimate of drug-likeness (QED) is 0.947. The fraction of sp³-hybridized carbons (Fsp3) is 0.625. The number of nitrogens with zero attached hydrogens (tertiary/aromatic N) is 3. The summed E-state index contributed by atoms with van der Waals surface area (Å²) in [5.74, 6) is 1.12. The molecule has 1 saturated heterocycles. The SMILES string of the molecule is OCC[C@H]1CCCCN1c1ncnc2sc3c(c12)CCC3. The van der Waals surface area contributed by atoms with Gasteiger partial charge in [0.2, 0.25) is 0 Å². The molecule has 0 unspecified atom stereocenters. The Hall–Kier alpha value is -1.20. The van der Waals surface area contributed by atoms with Gasteiger partial charge >= 0.3 is 0 Å². The van der Waals surface area contributed by atoms with Gasteiger partial charge in [-0.05, 0) is 50.5 Å². The molecule has 3 heterocycles. The molecule has 1 fully saturated rings. The molecule has 5 heteroatoms. The van der Waals surface area contributed by atoms with E-state index in [9.17, 15) is 5.11 Å². The summed E-state index contributed by atoms with van der Waals surface area (Å²) in [6.07, 6.45) is 9.86. The van der Waals surface area contributed by atoms with Gasteiger partial charge in [-0.1, -0.05) is 0 Å². The molecule has 0 aromatic carbocycles. The monoisotopic (exact) mass is 303 g/mol. The van der Waals surface area contributed by atoms with E-state index < -0.39 is 0 Å². The third kappa shape index (κ3) is 2.23. The number of rotatable bonds is 3. The molecule has 112 valence electrons. The molecule has 2 aromatic heterocycles. The van der Waals surface area contributed by atoms with E-state index in [1.54, 1.807) is 6.33 Å². The zero-order chi connectivity index (χ0) is 14.2. The van der Waals surface area contributed by atoms with Gasteiger partial charge in [0.05, 0.1) is 5.39 Å². The van der Waals surface area contributed by atoms with Gasteiger partial charge in [-0.25, -0.2) is 9.97 Å². The first-order chi connectivity index (χ1) is 10.4. The Labute approximate surface area is 128 Å². The van der Waals surface area contributed by atoms with Crippen molar-refractivity contribution < 1.29 is 5.11 Å². The maximum absolute atomic E-state index is 9.35. The van der Waals surface area contributed by atoms with Crippen molar-refractivity contribution in [1.82, 2.24) is 9.97 Å². The molecule has 0 spiro atoms. The number of piperidine rings is 1. The van der Waals surface area contributed by atoms with E-state index in [-0.39, 0.29) is 6.61 Å². The summed E-state index contributed by atoms with van der Waals surface area (Å²) in [4.78, 5) is 14.3. The topological polar surface area (TPSA) is 49.2 Å². The first-order valence-electron chi connectivity index (χ1n) is 8.01. The van der Waals surface area contributed by atoms with Crippen LogP contribution in [0.15, 0.2) is 6.33 Å². The van der Waals surface area contributed by atoms with Gasteiger partial charge in [0.25, 0.3) is 0 Å². The first-order valence-corrected chi connectivity index (χ1v) is 8.83. The molecule has 4 nitrogen and oxygen atoms in total. The average Bonchev–Trinajstić information content (AvgIpc) is 3.08. The highest BCUT2D eigenvalue weighted by molar-refractivity contribution is 7.19. The minimum atomic E-state index is 0.261. The molecule has 1 aliphatic heterocycles. The highest BCUT2D eigenvalue weighted by Crippen LogP contribution is 2.41. The lowest BCUT2D eigenvalue weighted by molar-refractivity contribution is 0.262. The second-order valence-corrected chi connectivity index (χ2v) is 7.17. The number of thiophene rings is 1. The van der Waals surface area contributed by atoms with Crippen molar-refractivity contribution in [3.8, 4) is 0 Å². The zero-order valence-electron chi connectivity index (χ0n) is 12.2. The summed E-state index contributed by atoms with van der Waals surface area (Å²) >= 11 is 1.85. The van der Waals surface area contributed by atoms with Crippen LogP contribution in [0.1, 0.15) is 42.5 Å². The Morgan fingerprint density at radius 1 is 1.24 bits per heavy atom. The van der Waals surface area contributed by atoms with Crippen molar-refractivity contribution in [2.45, 2.75) is 51.0 Å². The molecular formula is C16H21N3OS. The number of hydrogen-bond acceptors (Lipinski definition) is 5. The van der Waals surface area contributed by atoms with Gasteiger partial charge in [0, 0.05) is 24.1 Å². The third-order valence-electron chi connectivity index (χ3n) is 4.84. The van der Waals surface area contributed by atoms with Crippen LogP contribution in [0, 0.1) is 0 Å². The second-order valence-electron chi connectivity index (χ2n) is 6.09. The summed E-state index contributed by atoms with van der Waals surface area (Å²) in [5.41, 5.74) is 1.50. The number of aromatic nitrogens is 2. The van der Waals surface area contributed by atoms with Gasteiger partial charge in [-0.2, -0.15) is 0 Å². The molecule has 1 atom stereocenters. The molecule has 4 rings (SSSR count). The van der Waals surface area contributed by atoms with Crippen LogP contribution in [0.3, 0.4) is 0 Å². The number of aliphatic hydroxyl groups excluding tert-OH is 1. The minimum absolute atomic E-state index is 0.261. The van der Waals surface area contributed by atoms with Crippen molar-refractivity contribution >= 4 is 27.4 Å². The van der Waals surface area contributed by atoms with Crippen LogP contribution in [-0.2, 0) is 12.8 Å². The standard InChI is InChI=1S/C16H21N3OS/c20-9-7-11-4-1-2-8-19(11)15-14-12-5-3-6-13(12)21-16(14)18-10-17-15/h10-11,20H,1-9H2/t11-/m1/s1. The van der Waals surface area contributed by atoms with Crippen molar-refractivity contribution in [1.29, 1.82) is 0 Å². The van der Waals surface area contributed by atoms with Gasteiger partial charge < -0.3 is 10.0 Å². The smallest absolute Gasteiger partial charge is 0.141 e. The second kappa shape index (κ2) is 5.54. The largest absolute Gasteiger partial charge is 0.396 e. The van der Waals surface area contributed by atoms with E-state index >= 15 is 0 Å². The van der Waals surface area contributed by atoms with Gasteiger partial charge in [-0.3, -0.25) is 0 Å². The number of aliphatic hydroxyl groups is 1. The Bertz CT molecular complexity index is 652. The maximum Gasteiger partial charge on any atom is 0.141 e. The van der Waals surface area contributed by atoms with E-state index in [1.807, 2.05) is 11.3 Å². The predicted octanol–water partition coefficient (Wildman–Crippen LogP) is 2.92. The van der Waals surface area contributed by atoms with Gasteiger partial charge in [-0.15, -0.1) is 11.3 Å². The predicted molar refractivity (Wildman–Crippen MR) is 86.1 cm³/mol. The Balaban J connectivity index is 1.81. The van der Waals surface area contributed by atoms with Gasteiger partial charge in [0.15, 0.2) is 0 Å². The zero-order valence-corrected chi connectivity index (χ0v) is 13.0. The molecule has 0 radical (unpaired) electrons. The summed E-state index contributed by atoms with van der Waals surface area (Å²) in [7, 11) is 0. The lowest BCUT2D eigenvalue weighted by Gasteiger charge is -2.36. The maximum atomic E-state index is 9.35. The Kier molecular flexibility index (Phi) is 3.55. The van der Waals surface area contributed by atoms with Crippen LogP contribution in [-0.4, -0.2) is 34.3 Å². The minimum Gasteiger partial charge on any atom is -0.396 e. The number of aryl methyl sites for hydroxylation is 2. The van der Waals surface area contributed by atoms with Crippen molar-refractivity contribution in [3.63, 3.8) is 0 Å². The highest BCUT2D eigenvalue weighted by Gasteiger charge is 2.28. The fourth-order valence-corrected chi connectivity index (χ4v) is 5.08. The summed E-state index contributed by atoms with van der Waals surface area (Å²) < 4.78 is 0. The molecule has 1 aliphatic carbocycles. The lowest BCUT2D eigenvalue weighted by Crippen LogP contribution is -2.40. The van der Waals surface area contributed by atoms with E-state index in [2.05, 4.69) is 14.9 Å². The van der Waals surface area contributed by atoms with E-state index in [1.165, 1.54) is 54.4 Å². The molecule has 21 heavy (non-hydrogen) atoms. The van der Waals surface area contributed by atoms with E-state index in [4.69, 9.17) is 0 Å². The Morgan fingerprint density at radius 3 is 3.10 bits per heavy atom.